The van der Waals surface area contributed by atoms with Gasteiger partial charge in [-0.1, -0.05) is 0 Å². The van der Waals surface area contributed by atoms with Crippen LogP contribution in [0.15, 0.2) is 30.6 Å². The van der Waals surface area contributed by atoms with Crippen LogP contribution in [0.3, 0.4) is 0 Å². The molecule has 2 fully saturated rings. The smallest absolute Gasteiger partial charge is 0.162 e. The SMILES string of the molecule is Cn1cc([C@@H](O)[C@H]2CCCN(c3nnnc4cc(N5CCOCC5)ccc34)C2)cn1. The first-order valence-electron chi connectivity index (χ1n) is 10.6. The third kappa shape index (κ3) is 3.70. The summed E-state index contributed by atoms with van der Waals surface area (Å²) in [5.74, 6) is 0.970. The monoisotopic (exact) mass is 409 g/mol. The van der Waals surface area contributed by atoms with E-state index in [4.69, 9.17) is 4.74 Å². The molecule has 5 rings (SSSR count). The lowest BCUT2D eigenvalue weighted by Crippen LogP contribution is -2.38. The second-order valence-electron chi connectivity index (χ2n) is 8.15. The maximum absolute atomic E-state index is 10.9. The molecule has 2 atom stereocenters. The van der Waals surface area contributed by atoms with Crippen molar-refractivity contribution in [2.24, 2.45) is 13.0 Å². The highest BCUT2D eigenvalue weighted by atomic mass is 16.5. The maximum atomic E-state index is 10.9. The number of aliphatic hydroxyl groups is 1. The molecule has 30 heavy (non-hydrogen) atoms. The number of aryl methyl sites for hydroxylation is 1. The van der Waals surface area contributed by atoms with E-state index < -0.39 is 6.10 Å². The number of fused-ring (bicyclic) bond motifs is 1. The Morgan fingerprint density at radius 3 is 2.80 bits per heavy atom. The highest BCUT2D eigenvalue weighted by molar-refractivity contribution is 5.91. The molecule has 9 nitrogen and oxygen atoms in total. The Hall–Kier alpha value is -2.78. The lowest BCUT2D eigenvalue weighted by atomic mass is 9.89. The Morgan fingerprint density at radius 2 is 2.00 bits per heavy atom. The molecule has 0 saturated carbocycles. The topological polar surface area (TPSA) is 92.4 Å². The number of hydrogen-bond donors (Lipinski definition) is 1. The zero-order valence-electron chi connectivity index (χ0n) is 17.2. The number of anilines is 2. The van der Waals surface area contributed by atoms with E-state index in [9.17, 15) is 5.11 Å². The molecule has 2 aromatic heterocycles. The van der Waals surface area contributed by atoms with Crippen LogP contribution in [0, 0.1) is 5.92 Å². The lowest BCUT2D eigenvalue weighted by molar-refractivity contribution is 0.0979. The Kier molecular flexibility index (Phi) is 5.22. The van der Waals surface area contributed by atoms with E-state index in [1.807, 2.05) is 13.2 Å². The number of hydrogen-bond acceptors (Lipinski definition) is 8. The van der Waals surface area contributed by atoms with Crippen LogP contribution in [0.4, 0.5) is 11.5 Å². The van der Waals surface area contributed by atoms with E-state index in [0.29, 0.717) is 0 Å². The molecule has 0 bridgehead atoms. The quantitative estimate of drug-likeness (QED) is 0.694. The molecule has 2 saturated heterocycles. The average molecular weight is 409 g/mol. The zero-order valence-corrected chi connectivity index (χ0v) is 17.2. The summed E-state index contributed by atoms with van der Waals surface area (Å²) < 4.78 is 7.19. The standard InChI is InChI=1S/C21H27N7O2/c1-26-13-16(12-22-26)20(29)15-3-2-6-28(14-15)21-18-5-4-17(11-19(18)23-25-24-21)27-7-9-30-10-8-27/h4-5,11-13,15,20,29H,2-3,6-10,14H2,1H3/t15-,20-/m0/s1. The van der Waals surface area contributed by atoms with Gasteiger partial charge in [-0.25, -0.2) is 0 Å². The fourth-order valence-electron chi connectivity index (χ4n) is 4.54. The van der Waals surface area contributed by atoms with Gasteiger partial charge in [-0.3, -0.25) is 4.68 Å². The molecule has 158 valence electrons. The summed E-state index contributed by atoms with van der Waals surface area (Å²) in [5.41, 5.74) is 2.85. The van der Waals surface area contributed by atoms with Crippen LogP contribution in [0.2, 0.25) is 0 Å². The van der Waals surface area contributed by atoms with E-state index in [1.54, 1.807) is 10.9 Å². The molecular formula is C21H27N7O2. The van der Waals surface area contributed by atoms with Gasteiger partial charge in [-0.15, -0.1) is 10.2 Å². The minimum atomic E-state index is -0.532. The van der Waals surface area contributed by atoms with Gasteiger partial charge in [0.05, 0.1) is 25.5 Å². The molecule has 0 radical (unpaired) electrons. The first kappa shape index (κ1) is 19.2. The number of piperidine rings is 1. The van der Waals surface area contributed by atoms with Gasteiger partial charge >= 0.3 is 0 Å². The Bertz CT molecular complexity index is 1020. The lowest BCUT2D eigenvalue weighted by Gasteiger charge is -2.35. The van der Waals surface area contributed by atoms with Crippen LogP contribution in [0.5, 0.6) is 0 Å². The van der Waals surface area contributed by atoms with Crippen molar-refractivity contribution in [2.45, 2.75) is 18.9 Å². The number of morpholine rings is 1. The first-order valence-corrected chi connectivity index (χ1v) is 10.6. The second-order valence-corrected chi connectivity index (χ2v) is 8.15. The number of rotatable bonds is 4. The van der Waals surface area contributed by atoms with Crippen LogP contribution in [0.1, 0.15) is 24.5 Å². The molecule has 0 unspecified atom stereocenters. The van der Waals surface area contributed by atoms with Crippen LogP contribution in [0.25, 0.3) is 10.9 Å². The average Bonchev–Trinajstić information content (AvgIpc) is 3.24. The normalized spacial score (nSPS) is 21.2. The zero-order chi connectivity index (χ0) is 20.5. The summed E-state index contributed by atoms with van der Waals surface area (Å²) in [7, 11) is 1.87. The third-order valence-corrected chi connectivity index (χ3v) is 6.16. The fourth-order valence-corrected chi connectivity index (χ4v) is 4.54. The van der Waals surface area contributed by atoms with Crippen molar-refractivity contribution < 1.29 is 9.84 Å². The third-order valence-electron chi connectivity index (χ3n) is 6.16. The summed E-state index contributed by atoms with van der Waals surface area (Å²) in [6.45, 7) is 4.90. The van der Waals surface area contributed by atoms with Gasteiger partial charge in [0.25, 0.3) is 0 Å². The number of ether oxygens (including phenoxy) is 1. The molecule has 1 aromatic carbocycles. The predicted octanol–water partition coefficient (Wildman–Crippen LogP) is 1.54. The van der Waals surface area contributed by atoms with E-state index in [0.717, 1.165) is 80.2 Å². The van der Waals surface area contributed by atoms with Crippen molar-refractivity contribution in [1.29, 1.82) is 0 Å². The van der Waals surface area contributed by atoms with Gasteiger partial charge in [0.1, 0.15) is 5.52 Å². The molecule has 2 aliphatic heterocycles. The molecule has 0 spiro atoms. The number of aliphatic hydroxyl groups excluding tert-OH is 1. The number of nitrogens with zero attached hydrogens (tertiary/aromatic N) is 7. The van der Waals surface area contributed by atoms with Crippen LogP contribution in [-0.4, -0.2) is 69.7 Å². The molecule has 2 aliphatic rings. The van der Waals surface area contributed by atoms with E-state index in [1.165, 1.54) is 0 Å². The predicted molar refractivity (Wildman–Crippen MR) is 113 cm³/mol. The molecule has 9 heteroatoms. The van der Waals surface area contributed by atoms with Gasteiger partial charge in [0.15, 0.2) is 5.82 Å². The van der Waals surface area contributed by atoms with Crippen molar-refractivity contribution in [3.05, 3.63) is 36.2 Å². The minimum absolute atomic E-state index is 0.126. The van der Waals surface area contributed by atoms with Crippen molar-refractivity contribution >= 4 is 22.4 Å². The van der Waals surface area contributed by atoms with Gasteiger partial charge < -0.3 is 19.6 Å². The van der Waals surface area contributed by atoms with Gasteiger partial charge in [-0.05, 0) is 36.3 Å². The molecule has 0 amide bonds. The Morgan fingerprint density at radius 1 is 1.13 bits per heavy atom. The molecule has 3 aromatic rings. The Balaban J connectivity index is 1.39. The minimum Gasteiger partial charge on any atom is -0.388 e. The summed E-state index contributed by atoms with van der Waals surface area (Å²) in [6.07, 6.45) is 5.08. The molecule has 0 aliphatic carbocycles. The van der Waals surface area contributed by atoms with Crippen molar-refractivity contribution in [3.63, 3.8) is 0 Å². The molecule has 1 N–H and O–H groups in total. The summed E-state index contributed by atoms with van der Waals surface area (Å²) in [6, 6.07) is 6.31. The van der Waals surface area contributed by atoms with Crippen LogP contribution in [-0.2, 0) is 11.8 Å². The Labute approximate surface area is 175 Å². The molecular weight excluding hydrogens is 382 g/mol. The highest BCUT2D eigenvalue weighted by Gasteiger charge is 2.29. The van der Waals surface area contributed by atoms with Gasteiger partial charge in [0.2, 0.25) is 0 Å². The number of benzene rings is 1. The maximum Gasteiger partial charge on any atom is 0.162 e. The summed E-state index contributed by atoms with van der Waals surface area (Å²) in [5, 5.41) is 28.8. The van der Waals surface area contributed by atoms with E-state index >= 15 is 0 Å². The second kappa shape index (κ2) is 8.16. The van der Waals surface area contributed by atoms with Crippen LogP contribution < -0.4 is 9.80 Å². The highest BCUT2D eigenvalue weighted by Crippen LogP contribution is 2.34. The first-order chi connectivity index (χ1) is 14.7. The van der Waals surface area contributed by atoms with E-state index in [-0.39, 0.29) is 5.92 Å². The fraction of sp³-hybridized carbons (Fsp3) is 0.524. The van der Waals surface area contributed by atoms with Gasteiger partial charge in [-0.2, -0.15) is 5.10 Å². The summed E-state index contributed by atoms with van der Waals surface area (Å²) >= 11 is 0. The van der Waals surface area contributed by atoms with E-state index in [2.05, 4.69) is 48.5 Å². The van der Waals surface area contributed by atoms with Crippen molar-refractivity contribution in [1.82, 2.24) is 25.2 Å². The van der Waals surface area contributed by atoms with Crippen LogP contribution >= 0.6 is 0 Å². The van der Waals surface area contributed by atoms with Crippen molar-refractivity contribution in [3.8, 4) is 0 Å². The molecule has 4 heterocycles. The number of aromatic nitrogens is 5. The summed E-state index contributed by atoms with van der Waals surface area (Å²) in [4.78, 5) is 4.55. The van der Waals surface area contributed by atoms with Crippen molar-refractivity contribution in [2.75, 3.05) is 49.2 Å². The largest absolute Gasteiger partial charge is 0.388 e. The van der Waals surface area contributed by atoms with Gasteiger partial charge in [0, 0.05) is 62.0 Å².